The molecule has 0 spiro atoms. The van der Waals surface area contributed by atoms with Crippen LogP contribution in [0.3, 0.4) is 0 Å². The fraction of sp³-hybridized carbons (Fsp3) is 0.533. The number of hydrogen-bond acceptors (Lipinski definition) is 3. The van der Waals surface area contributed by atoms with E-state index >= 15 is 0 Å². The van der Waals surface area contributed by atoms with Gasteiger partial charge in [-0.3, -0.25) is 4.79 Å². The molecule has 0 bridgehead atoms. The Kier molecular flexibility index (Phi) is 4.93. The van der Waals surface area contributed by atoms with Gasteiger partial charge < -0.3 is 15.4 Å². The highest BCUT2D eigenvalue weighted by Crippen LogP contribution is 2.19. The molecule has 1 aromatic carbocycles. The minimum Gasteiger partial charge on any atom is -0.377 e. The lowest BCUT2D eigenvalue weighted by Crippen LogP contribution is -2.41. The molecule has 0 saturated carbocycles. The van der Waals surface area contributed by atoms with Gasteiger partial charge in [-0.25, -0.2) is 0 Å². The predicted octanol–water partition coefficient (Wildman–Crippen LogP) is 1.37. The fourth-order valence-corrected chi connectivity index (χ4v) is 2.48. The second-order valence-corrected chi connectivity index (χ2v) is 5.02. The maximum absolute atomic E-state index is 12.6. The van der Waals surface area contributed by atoms with Crippen LogP contribution < -0.4 is 5.73 Å². The van der Waals surface area contributed by atoms with Crippen LogP contribution in [0.15, 0.2) is 30.3 Å². The molecule has 0 radical (unpaired) electrons. The molecule has 1 amide bonds. The minimum absolute atomic E-state index is 0.0978. The maximum atomic E-state index is 12.6. The lowest BCUT2D eigenvalue weighted by Gasteiger charge is -2.26. The maximum Gasteiger partial charge on any atom is 0.231 e. The molecular weight excluding hydrogens is 240 g/mol. The zero-order valence-corrected chi connectivity index (χ0v) is 11.4. The van der Waals surface area contributed by atoms with Crippen molar-refractivity contribution in [1.29, 1.82) is 0 Å². The summed E-state index contributed by atoms with van der Waals surface area (Å²) in [5.41, 5.74) is 6.80. The molecule has 0 aromatic heterocycles. The molecule has 4 nitrogen and oxygen atoms in total. The van der Waals surface area contributed by atoms with Gasteiger partial charge in [0.25, 0.3) is 0 Å². The monoisotopic (exact) mass is 262 g/mol. The Hall–Kier alpha value is -1.39. The van der Waals surface area contributed by atoms with Gasteiger partial charge in [0.2, 0.25) is 5.91 Å². The zero-order valence-electron chi connectivity index (χ0n) is 11.4. The van der Waals surface area contributed by atoms with Crippen LogP contribution >= 0.6 is 0 Å². The van der Waals surface area contributed by atoms with Crippen LogP contribution in [0.4, 0.5) is 0 Å². The Morgan fingerprint density at radius 3 is 2.89 bits per heavy atom. The van der Waals surface area contributed by atoms with E-state index in [-0.39, 0.29) is 17.9 Å². The van der Waals surface area contributed by atoms with Crippen molar-refractivity contribution in [2.45, 2.75) is 25.4 Å². The van der Waals surface area contributed by atoms with Crippen molar-refractivity contribution in [3.05, 3.63) is 35.9 Å². The Labute approximate surface area is 114 Å². The standard InChI is InChI=1S/C15H22N2O2/c1-12-11-17(8-5-9-19-12)15(18)14(10-16)13-6-3-2-4-7-13/h2-4,6-7,12,14H,5,8-11,16H2,1H3/t12-,14+/m1/s1. The Morgan fingerprint density at radius 1 is 1.47 bits per heavy atom. The summed E-state index contributed by atoms with van der Waals surface area (Å²) in [4.78, 5) is 14.5. The first-order valence-electron chi connectivity index (χ1n) is 6.87. The molecule has 104 valence electrons. The summed E-state index contributed by atoms with van der Waals surface area (Å²) in [7, 11) is 0. The van der Waals surface area contributed by atoms with Crippen LogP contribution in [0.25, 0.3) is 0 Å². The number of carbonyl (C=O) groups is 1. The van der Waals surface area contributed by atoms with Crippen molar-refractivity contribution in [2.75, 3.05) is 26.2 Å². The van der Waals surface area contributed by atoms with Crippen molar-refractivity contribution < 1.29 is 9.53 Å². The Bertz CT molecular complexity index is 408. The van der Waals surface area contributed by atoms with Gasteiger partial charge in [0, 0.05) is 26.2 Å². The van der Waals surface area contributed by atoms with E-state index in [1.165, 1.54) is 0 Å². The smallest absolute Gasteiger partial charge is 0.231 e. The zero-order chi connectivity index (χ0) is 13.7. The molecule has 2 rings (SSSR count). The third kappa shape index (κ3) is 3.55. The van der Waals surface area contributed by atoms with Gasteiger partial charge in [0.05, 0.1) is 12.0 Å². The van der Waals surface area contributed by atoms with E-state index in [4.69, 9.17) is 10.5 Å². The molecular formula is C15H22N2O2. The molecule has 1 saturated heterocycles. The first kappa shape index (κ1) is 14.0. The topological polar surface area (TPSA) is 55.6 Å². The van der Waals surface area contributed by atoms with E-state index in [0.29, 0.717) is 13.1 Å². The van der Waals surface area contributed by atoms with Crippen molar-refractivity contribution in [3.8, 4) is 0 Å². The SMILES string of the molecule is C[C@@H]1CN(C(=O)[C@@H](CN)c2ccccc2)CCCO1. The van der Waals surface area contributed by atoms with Gasteiger partial charge >= 0.3 is 0 Å². The molecule has 1 fully saturated rings. The van der Waals surface area contributed by atoms with E-state index in [0.717, 1.165) is 25.1 Å². The largest absolute Gasteiger partial charge is 0.377 e. The van der Waals surface area contributed by atoms with Crippen LogP contribution in [0.1, 0.15) is 24.8 Å². The van der Waals surface area contributed by atoms with Crippen LogP contribution in [-0.2, 0) is 9.53 Å². The predicted molar refractivity (Wildman–Crippen MR) is 74.8 cm³/mol. The molecule has 1 aliphatic heterocycles. The van der Waals surface area contributed by atoms with Crippen LogP contribution in [-0.4, -0.2) is 43.2 Å². The molecule has 2 N–H and O–H groups in total. The normalized spacial score (nSPS) is 21.8. The third-order valence-electron chi connectivity index (χ3n) is 3.50. The number of ether oxygens (including phenoxy) is 1. The van der Waals surface area contributed by atoms with Gasteiger partial charge in [0.15, 0.2) is 0 Å². The molecule has 0 aliphatic carbocycles. The summed E-state index contributed by atoms with van der Waals surface area (Å²) in [5, 5.41) is 0. The Balaban J connectivity index is 2.12. The number of carbonyl (C=O) groups excluding carboxylic acids is 1. The molecule has 1 aromatic rings. The average molecular weight is 262 g/mol. The first-order valence-corrected chi connectivity index (χ1v) is 6.87. The van der Waals surface area contributed by atoms with Gasteiger partial charge in [-0.05, 0) is 18.9 Å². The molecule has 2 atom stereocenters. The van der Waals surface area contributed by atoms with Crippen LogP contribution in [0.2, 0.25) is 0 Å². The highest BCUT2D eigenvalue weighted by molar-refractivity contribution is 5.84. The summed E-state index contributed by atoms with van der Waals surface area (Å²) < 4.78 is 5.58. The summed E-state index contributed by atoms with van der Waals surface area (Å²) in [6, 6.07) is 9.77. The molecule has 0 unspecified atom stereocenters. The summed E-state index contributed by atoms with van der Waals surface area (Å²) in [5.74, 6) is -0.127. The molecule has 4 heteroatoms. The number of rotatable bonds is 3. The lowest BCUT2D eigenvalue weighted by molar-refractivity contribution is -0.133. The van der Waals surface area contributed by atoms with Crippen molar-refractivity contribution in [3.63, 3.8) is 0 Å². The number of nitrogens with zero attached hydrogens (tertiary/aromatic N) is 1. The number of amides is 1. The first-order chi connectivity index (χ1) is 9.22. The third-order valence-corrected chi connectivity index (χ3v) is 3.50. The van der Waals surface area contributed by atoms with Gasteiger partial charge in [-0.2, -0.15) is 0 Å². The fourth-order valence-electron chi connectivity index (χ4n) is 2.48. The molecule has 1 heterocycles. The van der Waals surface area contributed by atoms with Crippen molar-refractivity contribution in [1.82, 2.24) is 4.90 Å². The highest BCUT2D eigenvalue weighted by atomic mass is 16.5. The second-order valence-electron chi connectivity index (χ2n) is 5.02. The highest BCUT2D eigenvalue weighted by Gasteiger charge is 2.27. The summed E-state index contributed by atoms with van der Waals surface area (Å²) in [6.07, 6.45) is 0.989. The van der Waals surface area contributed by atoms with Gasteiger partial charge in [-0.1, -0.05) is 30.3 Å². The van der Waals surface area contributed by atoms with E-state index in [2.05, 4.69) is 0 Å². The van der Waals surface area contributed by atoms with E-state index in [1.807, 2.05) is 42.2 Å². The molecule has 19 heavy (non-hydrogen) atoms. The van der Waals surface area contributed by atoms with E-state index in [9.17, 15) is 4.79 Å². The Morgan fingerprint density at radius 2 is 2.21 bits per heavy atom. The summed E-state index contributed by atoms with van der Waals surface area (Å²) in [6.45, 7) is 4.48. The van der Waals surface area contributed by atoms with E-state index in [1.54, 1.807) is 0 Å². The van der Waals surface area contributed by atoms with Gasteiger partial charge in [-0.15, -0.1) is 0 Å². The summed E-state index contributed by atoms with van der Waals surface area (Å²) >= 11 is 0. The lowest BCUT2D eigenvalue weighted by atomic mass is 9.97. The van der Waals surface area contributed by atoms with Crippen LogP contribution in [0.5, 0.6) is 0 Å². The molecule has 1 aliphatic rings. The van der Waals surface area contributed by atoms with Crippen molar-refractivity contribution in [2.24, 2.45) is 5.73 Å². The van der Waals surface area contributed by atoms with E-state index < -0.39 is 0 Å². The second kappa shape index (κ2) is 6.68. The average Bonchev–Trinajstić information content (AvgIpc) is 2.65. The minimum atomic E-state index is -0.244. The number of hydrogen-bond donors (Lipinski definition) is 1. The van der Waals surface area contributed by atoms with Crippen molar-refractivity contribution >= 4 is 5.91 Å². The quantitative estimate of drug-likeness (QED) is 0.895. The number of benzene rings is 1. The van der Waals surface area contributed by atoms with Gasteiger partial charge in [0.1, 0.15) is 0 Å². The van der Waals surface area contributed by atoms with Crippen LogP contribution in [0, 0.1) is 0 Å². The number of nitrogens with two attached hydrogens (primary N) is 1.